The van der Waals surface area contributed by atoms with Crippen LogP contribution < -0.4 is 0 Å². The molecule has 0 saturated heterocycles. The van der Waals surface area contributed by atoms with Gasteiger partial charge in [-0.05, 0) is 0 Å². The number of hydrogen-bond donors (Lipinski definition) is 0. The van der Waals surface area contributed by atoms with Gasteiger partial charge in [0.15, 0.2) is 0 Å². The molecule has 18 heteroatoms. The molecule has 0 fully saturated rings. The van der Waals surface area contributed by atoms with Gasteiger partial charge in [-0.1, -0.05) is 7.64 Å². The SMILES string of the molecule is FC(F)(F)SN(SC(F)(F)F)N(SC(F)(F)F)SC(F)(F)F. The van der Waals surface area contributed by atoms with Gasteiger partial charge in [-0.3, -0.25) is 0 Å². The highest BCUT2D eigenvalue weighted by Crippen LogP contribution is 2.53. The van der Waals surface area contributed by atoms with E-state index in [1.807, 2.05) is 0 Å². The van der Waals surface area contributed by atoms with Crippen molar-refractivity contribution in [2.24, 2.45) is 0 Å². The van der Waals surface area contributed by atoms with Crippen LogP contribution in [0.3, 0.4) is 0 Å². The summed E-state index contributed by atoms with van der Waals surface area (Å²) < 4.78 is 142. The first-order chi connectivity index (χ1) is 9.38. The Labute approximate surface area is 130 Å². The van der Waals surface area contributed by atoms with Crippen molar-refractivity contribution in [3.63, 3.8) is 0 Å². The lowest BCUT2D eigenvalue weighted by molar-refractivity contribution is -0.0478. The van der Waals surface area contributed by atoms with E-state index in [9.17, 15) is 52.7 Å². The summed E-state index contributed by atoms with van der Waals surface area (Å²) in [6.07, 6.45) is 0. The molecule has 0 spiro atoms. The van der Waals surface area contributed by atoms with Gasteiger partial charge >= 0.3 is 22.0 Å². The first-order valence-electron chi connectivity index (χ1n) is 4.01. The van der Waals surface area contributed by atoms with E-state index >= 15 is 0 Å². The van der Waals surface area contributed by atoms with Crippen molar-refractivity contribution in [2.45, 2.75) is 22.0 Å². The minimum absolute atomic E-state index is 1.31. The largest absolute Gasteiger partial charge is 0.458 e. The molecule has 0 aliphatic heterocycles. The molecule has 134 valence electrons. The summed E-state index contributed by atoms with van der Waals surface area (Å²) >= 11 is -7.28. The van der Waals surface area contributed by atoms with Crippen molar-refractivity contribution < 1.29 is 52.7 Å². The second kappa shape index (κ2) is 7.58. The fourth-order valence-electron chi connectivity index (χ4n) is 0.525. The van der Waals surface area contributed by atoms with Gasteiger partial charge in [-0.2, -0.15) is 52.7 Å². The van der Waals surface area contributed by atoms with Crippen LogP contribution in [0.15, 0.2) is 0 Å². The molecule has 0 rings (SSSR count). The molecule has 0 aromatic rings. The maximum Gasteiger partial charge on any atom is 0.458 e. The second-order valence-corrected chi connectivity index (χ2v) is 7.05. The fourth-order valence-corrected chi connectivity index (χ4v) is 3.61. The quantitative estimate of drug-likeness (QED) is 0.289. The lowest BCUT2D eigenvalue weighted by atomic mass is 11.6. The summed E-state index contributed by atoms with van der Waals surface area (Å²) in [6, 6.07) is 0. The third-order valence-electron chi connectivity index (χ3n) is 0.860. The van der Waals surface area contributed by atoms with Crippen LogP contribution in [0, 0.1) is 0 Å². The van der Waals surface area contributed by atoms with Crippen molar-refractivity contribution in [3.8, 4) is 0 Å². The predicted octanol–water partition coefficient (Wildman–Crippen LogP) is 6.18. The van der Waals surface area contributed by atoms with E-state index in [1.165, 1.54) is 0 Å². The first kappa shape index (κ1) is 22.5. The van der Waals surface area contributed by atoms with Gasteiger partial charge in [0, 0.05) is 0 Å². The molecule has 0 aromatic heterocycles. The molecular weight excluding hydrogens is 432 g/mol. The van der Waals surface area contributed by atoms with Crippen molar-refractivity contribution in [1.82, 2.24) is 7.64 Å². The summed E-state index contributed by atoms with van der Waals surface area (Å²) in [6.45, 7) is 0. The molecule has 0 bridgehead atoms. The molecule has 0 heterocycles. The predicted molar refractivity (Wildman–Crippen MR) is 58.3 cm³/mol. The smallest absolute Gasteiger partial charge is 0.159 e. The summed E-state index contributed by atoms with van der Waals surface area (Å²) in [5.41, 5.74) is -22.2. The number of hydrazine groups is 1. The third kappa shape index (κ3) is 13.0. The van der Waals surface area contributed by atoms with Gasteiger partial charge in [0.1, 0.15) is 0 Å². The van der Waals surface area contributed by atoms with Crippen molar-refractivity contribution in [1.29, 1.82) is 0 Å². The Hall–Kier alpha value is 0.480. The second-order valence-electron chi connectivity index (χ2n) is 2.62. The average Bonchev–Trinajstić information content (AvgIpc) is 2.05. The van der Waals surface area contributed by atoms with Gasteiger partial charge in [0.25, 0.3) is 0 Å². The number of hydrogen-bond acceptors (Lipinski definition) is 6. The van der Waals surface area contributed by atoms with E-state index in [4.69, 9.17) is 0 Å². The zero-order chi connectivity index (χ0) is 18.0. The number of rotatable bonds is 5. The van der Waals surface area contributed by atoms with Gasteiger partial charge < -0.3 is 0 Å². The maximum atomic E-state index is 12.0. The Balaban J connectivity index is 5.40. The highest BCUT2D eigenvalue weighted by Gasteiger charge is 2.49. The molecule has 0 saturated carbocycles. The Morgan fingerprint density at radius 2 is 0.500 bits per heavy atom. The fraction of sp³-hybridized carbons (Fsp3) is 1.00. The molecule has 0 aromatic carbocycles. The van der Waals surface area contributed by atoms with Crippen molar-refractivity contribution >= 4 is 47.8 Å². The molecule has 2 nitrogen and oxygen atoms in total. The van der Waals surface area contributed by atoms with Crippen LogP contribution in [0.2, 0.25) is 0 Å². The molecular formula is C4F12N2S4. The Kier molecular flexibility index (Phi) is 7.74. The lowest BCUT2D eigenvalue weighted by Crippen LogP contribution is -2.32. The zero-order valence-corrected chi connectivity index (χ0v) is 12.3. The van der Waals surface area contributed by atoms with E-state index in [0.29, 0.717) is 0 Å². The Morgan fingerprint density at radius 1 is 0.364 bits per heavy atom. The van der Waals surface area contributed by atoms with Gasteiger partial charge in [0.2, 0.25) is 0 Å². The number of alkyl halides is 12. The maximum absolute atomic E-state index is 12.0. The first-order valence-corrected chi connectivity index (χ1v) is 7.11. The van der Waals surface area contributed by atoms with Crippen LogP contribution in [0.5, 0.6) is 0 Å². The normalized spacial score (nSPS) is 15.0. The number of nitrogens with zero attached hydrogens (tertiary/aromatic N) is 2. The lowest BCUT2D eigenvalue weighted by Gasteiger charge is -2.31. The Bertz CT molecular complexity index is 279. The molecule has 0 amide bonds. The van der Waals surface area contributed by atoms with E-state index < -0.39 is 77.5 Å². The van der Waals surface area contributed by atoms with Crippen molar-refractivity contribution in [2.75, 3.05) is 0 Å². The third-order valence-corrected chi connectivity index (χ3v) is 4.27. The van der Waals surface area contributed by atoms with Crippen LogP contribution in [0.1, 0.15) is 0 Å². The van der Waals surface area contributed by atoms with Gasteiger partial charge in [0.05, 0.1) is 47.8 Å². The van der Waals surface area contributed by atoms with E-state index in [2.05, 4.69) is 0 Å². The Morgan fingerprint density at radius 3 is 0.591 bits per heavy atom. The van der Waals surface area contributed by atoms with Crippen LogP contribution in [0.4, 0.5) is 52.7 Å². The monoisotopic (exact) mass is 432 g/mol. The summed E-state index contributed by atoms with van der Waals surface area (Å²) in [4.78, 5) is 0. The standard InChI is InChI=1S/C4F12N2S4/c5-1(6,7)19-17(20-2(8,9)10)18(21-3(11,12)13)22-4(14,15)16. The average molecular weight is 432 g/mol. The van der Waals surface area contributed by atoms with Gasteiger partial charge in [-0.25, -0.2) is 0 Å². The van der Waals surface area contributed by atoms with E-state index in [0.717, 1.165) is 0 Å². The van der Waals surface area contributed by atoms with E-state index in [1.54, 1.807) is 0 Å². The molecule has 0 aliphatic carbocycles. The highest BCUT2D eigenvalue weighted by atomic mass is 32.2. The minimum Gasteiger partial charge on any atom is -0.159 e. The molecule has 0 unspecified atom stereocenters. The molecule has 0 aliphatic rings. The summed E-state index contributed by atoms with van der Waals surface area (Å²) in [5, 5.41) is 0. The zero-order valence-electron chi connectivity index (χ0n) is 9.06. The van der Waals surface area contributed by atoms with Gasteiger partial charge in [-0.15, -0.1) is 0 Å². The number of halogens is 12. The highest BCUT2D eigenvalue weighted by molar-refractivity contribution is 8.17. The van der Waals surface area contributed by atoms with Crippen LogP contribution in [-0.4, -0.2) is 29.7 Å². The molecule has 0 atom stereocenters. The minimum atomic E-state index is -5.56. The molecule has 0 N–H and O–H groups in total. The molecule has 0 radical (unpaired) electrons. The summed E-state index contributed by atoms with van der Waals surface area (Å²) in [5.74, 6) is 0. The topological polar surface area (TPSA) is 6.48 Å². The molecule has 22 heavy (non-hydrogen) atoms. The van der Waals surface area contributed by atoms with Crippen LogP contribution >= 0.6 is 47.8 Å². The van der Waals surface area contributed by atoms with Crippen LogP contribution in [-0.2, 0) is 0 Å². The van der Waals surface area contributed by atoms with E-state index in [-0.39, 0.29) is 0 Å². The van der Waals surface area contributed by atoms with Crippen molar-refractivity contribution in [3.05, 3.63) is 0 Å². The summed E-state index contributed by atoms with van der Waals surface area (Å²) in [7, 11) is 0. The van der Waals surface area contributed by atoms with Crippen LogP contribution in [0.25, 0.3) is 0 Å².